The first kappa shape index (κ1) is 29.7. The molecular formula is C27H34N8O6S. The maximum absolute atomic E-state index is 13.7. The number of fused-ring (bicyclic) bond motifs is 1. The van der Waals surface area contributed by atoms with Crippen molar-refractivity contribution in [1.82, 2.24) is 33.6 Å². The summed E-state index contributed by atoms with van der Waals surface area (Å²) in [6.07, 6.45) is 3.37. The molecular weight excluding hydrogens is 564 g/mol. The van der Waals surface area contributed by atoms with Crippen molar-refractivity contribution in [2.75, 3.05) is 53.0 Å². The summed E-state index contributed by atoms with van der Waals surface area (Å²) in [5, 5.41) is 17.2. The van der Waals surface area contributed by atoms with Gasteiger partial charge in [-0.25, -0.2) is 28.1 Å². The third-order valence-corrected chi connectivity index (χ3v) is 9.38. The highest BCUT2D eigenvalue weighted by Gasteiger charge is 2.34. The van der Waals surface area contributed by atoms with Crippen LogP contribution >= 0.6 is 0 Å². The molecule has 5 heterocycles. The molecule has 224 valence electrons. The molecule has 1 fully saturated rings. The number of methoxy groups -OCH3 is 1. The Bertz CT molecular complexity index is 1750. The minimum atomic E-state index is -4.00. The average molecular weight is 599 g/mol. The molecule has 0 spiro atoms. The van der Waals surface area contributed by atoms with Crippen molar-refractivity contribution < 1.29 is 22.5 Å². The number of quaternary nitrogens is 1. The van der Waals surface area contributed by atoms with Crippen LogP contribution in [0.15, 0.2) is 46.3 Å². The van der Waals surface area contributed by atoms with E-state index >= 15 is 0 Å². The second kappa shape index (κ2) is 11.9. The minimum absolute atomic E-state index is 0.0896. The Balaban J connectivity index is 1.65. The van der Waals surface area contributed by atoms with E-state index in [2.05, 4.69) is 15.1 Å². The van der Waals surface area contributed by atoms with Crippen LogP contribution < -0.4 is 10.3 Å². The standard InChI is InChI=1S/C27H34N8O6S/c1-5-21-23-24(31-34(21)22-9-7-8-10-28-22)27(36)32(3)25(30-23)20-17-19(18-29-26(20)41-16-15-40-4)42(38,39)33-11-13-35(37,6-2)14-12-33/h7-10,17-18H,5-6,11-16H2,1-4H3. The van der Waals surface area contributed by atoms with E-state index in [1.807, 2.05) is 13.0 Å². The normalized spacial score (nSPS) is 15.7. The van der Waals surface area contributed by atoms with E-state index in [1.165, 1.54) is 35.3 Å². The smallest absolute Gasteiger partial charge is 0.281 e. The number of piperazine rings is 1. The second-order valence-electron chi connectivity index (χ2n) is 9.99. The van der Waals surface area contributed by atoms with E-state index in [0.29, 0.717) is 30.0 Å². The zero-order chi connectivity index (χ0) is 30.1. The molecule has 4 aromatic heterocycles. The first-order chi connectivity index (χ1) is 20.1. The first-order valence-electron chi connectivity index (χ1n) is 13.7. The maximum Gasteiger partial charge on any atom is 0.281 e. The summed E-state index contributed by atoms with van der Waals surface area (Å²) in [4.78, 5) is 27.1. The van der Waals surface area contributed by atoms with Gasteiger partial charge in [0.15, 0.2) is 11.3 Å². The molecule has 42 heavy (non-hydrogen) atoms. The van der Waals surface area contributed by atoms with Crippen LogP contribution in [-0.4, -0.2) is 99.7 Å². The van der Waals surface area contributed by atoms with E-state index in [-0.39, 0.29) is 67.1 Å². The van der Waals surface area contributed by atoms with Crippen molar-refractivity contribution in [2.45, 2.75) is 25.2 Å². The Kier molecular flexibility index (Phi) is 8.39. The van der Waals surface area contributed by atoms with Crippen LogP contribution in [-0.2, 0) is 28.2 Å². The van der Waals surface area contributed by atoms with Gasteiger partial charge in [-0.15, -0.1) is 0 Å². The number of sulfonamides is 1. The van der Waals surface area contributed by atoms with Gasteiger partial charge in [0.05, 0.1) is 56.8 Å². The fraction of sp³-hybridized carbons (Fsp3) is 0.444. The summed E-state index contributed by atoms with van der Waals surface area (Å²) in [6.45, 7) is 5.04. The van der Waals surface area contributed by atoms with Crippen LogP contribution in [0.4, 0.5) is 0 Å². The molecule has 1 aliphatic heterocycles. The Morgan fingerprint density at radius 1 is 1.10 bits per heavy atom. The van der Waals surface area contributed by atoms with Crippen molar-refractivity contribution in [1.29, 1.82) is 0 Å². The molecule has 0 saturated carbocycles. The van der Waals surface area contributed by atoms with Gasteiger partial charge in [0.1, 0.15) is 22.8 Å². The Morgan fingerprint density at radius 2 is 1.86 bits per heavy atom. The number of aromatic nitrogens is 6. The molecule has 0 radical (unpaired) electrons. The fourth-order valence-corrected chi connectivity index (χ4v) is 6.35. The van der Waals surface area contributed by atoms with E-state index in [0.717, 1.165) is 0 Å². The van der Waals surface area contributed by atoms with Crippen LogP contribution in [0.3, 0.4) is 0 Å². The van der Waals surface area contributed by atoms with Crippen LogP contribution in [0.25, 0.3) is 28.2 Å². The van der Waals surface area contributed by atoms with Crippen molar-refractivity contribution in [2.24, 2.45) is 7.05 Å². The van der Waals surface area contributed by atoms with Gasteiger partial charge < -0.3 is 19.3 Å². The second-order valence-corrected chi connectivity index (χ2v) is 11.9. The molecule has 0 amide bonds. The van der Waals surface area contributed by atoms with Gasteiger partial charge in [0.2, 0.25) is 15.9 Å². The lowest BCUT2D eigenvalue weighted by Crippen LogP contribution is -2.57. The van der Waals surface area contributed by atoms with Crippen molar-refractivity contribution >= 4 is 21.1 Å². The van der Waals surface area contributed by atoms with Crippen LogP contribution in [0.2, 0.25) is 0 Å². The summed E-state index contributed by atoms with van der Waals surface area (Å²) in [6, 6.07) is 6.82. The van der Waals surface area contributed by atoms with Gasteiger partial charge in [-0.1, -0.05) is 13.0 Å². The van der Waals surface area contributed by atoms with Crippen LogP contribution in [0.1, 0.15) is 19.5 Å². The highest BCUT2D eigenvalue weighted by molar-refractivity contribution is 7.89. The highest BCUT2D eigenvalue weighted by atomic mass is 32.2. The van der Waals surface area contributed by atoms with Gasteiger partial charge in [0.25, 0.3) is 5.56 Å². The molecule has 0 unspecified atom stereocenters. The van der Waals surface area contributed by atoms with Gasteiger partial charge >= 0.3 is 0 Å². The lowest BCUT2D eigenvalue weighted by molar-refractivity contribution is -0.882. The van der Waals surface area contributed by atoms with Crippen molar-refractivity contribution in [3.63, 3.8) is 0 Å². The average Bonchev–Trinajstić information content (AvgIpc) is 3.38. The van der Waals surface area contributed by atoms with Gasteiger partial charge in [-0.05, 0) is 31.5 Å². The third-order valence-electron chi connectivity index (χ3n) is 7.52. The molecule has 0 aliphatic carbocycles. The molecule has 0 N–H and O–H groups in total. The highest BCUT2D eigenvalue weighted by Crippen LogP contribution is 2.32. The maximum atomic E-state index is 13.7. The Labute approximate surface area is 243 Å². The summed E-state index contributed by atoms with van der Waals surface area (Å²) >= 11 is 0. The zero-order valence-electron chi connectivity index (χ0n) is 24.1. The number of hydrogen-bond acceptors (Lipinski definition) is 10. The molecule has 15 heteroatoms. The first-order valence-corrected chi connectivity index (χ1v) is 15.2. The third kappa shape index (κ3) is 5.41. The lowest BCUT2D eigenvalue weighted by Gasteiger charge is -2.47. The monoisotopic (exact) mass is 598 g/mol. The molecule has 0 bridgehead atoms. The number of rotatable bonds is 10. The van der Waals surface area contributed by atoms with Crippen molar-refractivity contribution in [3.05, 3.63) is 57.9 Å². The summed E-state index contributed by atoms with van der Waals surface area (Å²) in [5.41, 5.74) is 1.00. The van der Waals surface area contributed by atoms with E-state index in [1.54, 1.807) is 29.9 Å². The van der Waals surface area contributed by atoms with Crippen molar-refractivity contribution in [3.8, 4) is 23.1 Å². The predicted octanol–water partition coefficient (Wildman–Crippen LogP) is 1.50. The largest absolute Gasteiger partial charge is 0.633 e. The number of likely N-dealkylation sites (N-methyl/N-ethyl adjacent to an activating group) is 1. The molecule has 4 aromatic rings. The molecule has 5 rings (SSSR count). The van der Waals surface area contributed by atoms with Gasteiger partial charge in [-0.3, -0.25) is 9.36 Å². The molecule has 0 aromatic carbocycles. The summed E-state index contributed by atoms with van der Waals surface area (Å²) < 4.78 is 42.1. The zero-order valence-corrected chi connectivity index (χ0v) is 24.9. The lowest BCUT2D eigenvalue weighted by atomic mass is 10.2. The topological polar surface area (TPSA) is 157 Å². The number of hydroxylamine groups is 3. The predicted molar refractivity (Wildman–Crippen MR) is 155 cm³/mol. The Morgan fingerprint density at radius 3 is 2.50 bits per heavy atom. The van der Waals surface area contributed by atoms with E-state index in [4.69, 9.17) is 14.5 Å². The van der Waals surface area contributed by atoms with Gasteiger partial charge in [0, 0.05) is 20.4 Å². The van der Waals surface area contributed by atoms with Gasteiger partial charge in [-0.2, -0.15) is 9.40 Å². The molecule has 1 aliphatic rings. The molecule has 1 saturated heterocycles. The number of ether oxygens (including phenoxy) is 2. The molecule has 0 atom stereocenters. The van der Waals surface area contributed by atoms with Crippen LogP contribution in [0.5, 0.6) is 5.88 Å². The number of nitrogens with zero attached hydrogens (tertiary/aromatic N) is 8. The van der Waals surface area contributed by atoms with Crippen LogP contribution in [0, 0.1) is 5.21 Å². The SMILES string of the molecule is CCc1c2nc(-c3cc(S(=O)(=O)N4CC[N+]([O-])(CC)CC4)cnc3OCCOC)n(C)c(=O)c2nn1-c1ccccn1. The fourth-order valence-electron chi connectivity index (χ4n) is 4.96. The minimum Gasteiger partial charge on any atom is -0.633 e. The Hall–Kier alpha value is -3.76. The van der Waals surface area contributed by atoms with E-state index in [9.17, 15) is 18.4 Å². The molecule has 14 nitrogen and oxygen atoms in total. The summed E-state index contributed by atoms with van der Waals surface area (Å²) in [7, 11) is -0.931. The number of aryl methyl sites for hydroxylation is 1. The van der Waals surface area contributed by atoms with E-state index < -0.39 is 20.2 Å². The summed E-state index contributed by atoms with van der Waals surface area (Å²) in [5.74, 6) is 0.808. The quantitative estimate of drug-likeness (QED) is 0.149. The number of hydrogen-bond donors (Lipinski definition) is 0. The number of pyridine rings is 2.